The first kappa shape index (κ1) is 14.9. The molecule has 0 unspecified atom stereocenters. The van der Waals surface area contributed by atoms with Crippen molar-refractivity contribution >= 4 is 39.2 Å². The van der Waals surface area contributed by atoms with Crippen molar-refractivity contribution < 1.29 is 9.90 Å². The van der Waals surface area contributed by atoms with Gasteiger partial charge in [0.2, 0.25) is 0 Å². The normalized spacial score (nSPS) is 10.3. The summed E-state index contributed by atoms with van der Waals surface area (Å²) in [6, 6.07) is 10.7. The Hall–Kier alpha value is -1.52. The monoisotopic (exact) mass is 353 g/mol. The lowest BCUT2D eigenvalue weighted by molar-refractivity contribution is 0.0696. The first-order chi connectivity index (χ1) is 9.49. The Morgan fingerprint density at radius 1 is 1.35 bits per heavy atom. The quantitative estimate of drug-likeness (QED) is 0.835. The summed E-state index contributed by atoms with van der Waals surface area (Å²) in [5, 5.41) is 13.0. The Morgan fingerprint density at radius 3 is 2.75 bits per heavy atom. The molecule has 2 aromatic carbocycles. The third-order valence-electron chi connectivity index (χ3n) is 2.97. The number of anilines is 1. The van der Waals surface area contributed by atoms with Crippen LogP contribution in [0.3, 0.4) is 0 Å². The maximum atomic E-state index is 11.1. The maximum Gasteiger partial charge on any atom is 0.336 e. The van der Waals surface area contributed by atoms with Gasteiger partial charge < -0.3 is 10.4 Å². The van der Waals surface area contributed by atoms with Crippen molar-refractivity contribution in [1.82, 2.24) is 0 Å². The Labute approximate surface area is 130 Å². The van der Waals surface area contributed by atoms with E-state index >= 15 is 0 Å². The van der Waals surface area contributed by atoms with Gasteiger partial charge in [0.25, 0.3) is 0 Å². The maximum absolute atomic E-state index is 11.1. The Balaban J connectivity index is 2.21. The molecule has 0 saturated carbocycles. The number of hydrogen-bond acceptors (Lipinski definition) is 2. The molecule has 20 heavy (non-hydrogen) atoms. The second kappa shape index (κ2) is 6.29. The molecule has 0 bridgehead atoms. The van der Waals surface area contributed by atoms with Crippen LogP contribution in [-0.4, -0.2) is 11.1 Å². The molecule has 0 spiro atoms. The van der Waals surface area contributed by atoms with Crippen molar-refractivity contribution in [2.24, 2.45) is 0 Å². The lowest BCUT2D eigenvalue weighted by atomic mass is 10.1. The molecule has 0 saturated heterocycles. The van der Waals surface area contributed by atoms with Crippen molar-refractivity contribution in [1.29, 1.82) is 0 Å². The second-order valence-corrected chi connectivity index (χ2v) is 5.66. The number of benzene rings is 2. The van der Waals surface area contributed by atoms with E-state index in [2.05, 4.69) is 21.2 Å². The van der Waals surface area contributed by atoms with Crippen LogP contribution in [0, 0.1) is 6.92 Å². The van der Waals surface area contributed by atoms with Crippen LogP contribution < -0.4 is 5.32 Å². The highest BCUT2D eigenvalue weighted by Crippen LogP contribution is 2.29. The van der Waals surface area contributed by atoms with Gasteiger partial charge in [-0.2, -0.15) is 0 Å². The molecule has 0 heterocycles. The zero-order chi connectivity index (χ0) is 14.7. The Bertz CT molecular complexity index is 658. The number of carboxylic acids is 1. The SMILES string of the molecule is Cc1cc(Br)c(NCc2ccccc2C(=O)O)cc1Cl. The van der Waals surface area contributed by atoms with Crippen LogP contribution in [0.4, 0.5) is 5.69 Å². The van der Waals surface area contributed by atoms with E-state index in [0.717, 1.165) is 21.3 Å². The predicted molar refractivity (Wildman–Crippen MR) is 84.6 cm³/mol. The smallest absolute Gasteiger partial charge is 0.336 e. The highest BCUT2D eigenvalue weighted by atomic mass is 79.9. The van der Waals surface area contributed by atoms with Gasteiger partial charge in [-0.05, 0) is 52.2 Å². The molecule has 0 aliphatic heterocycles. The number of aryl methyl sites for hydroxylation is 1. The number of carbonyl (C=O) groups is 1. The van der Waals surface area contributed by atoms with E-state index in [0.29, 0.717) is 17.1 Å². The average molecular weight is 355 g/mol. The van der Waals surface area contributed by atoms with Crippen molar-refractivity contribution in [3.63, 3.8) is 0 Å². The zero-order valence-corrected chi connectivity index (χ0v) is 13.1. The van der Waals surface area contributed by atoms with E-state index in [1.54, 1.807) is 18.2 Å². The summed E-state index contributed by atoms with van der Waals surface area (Å²) < 4.78 is 0.896. The number of rotatable bonds is 4. The van der Waals surface area contributed by atoms with Crippen LogP contribution in [0.2, 0.25) is 5.02 Å². The topological polar surface area (TPSA) is 49.3 Å². The predicted octanol–water partition coefficient (Wildman–Crippen LogP) is 4.72. The van der Waals surface area contributed by atoms with E-state index in [9.17, 15) is 4.79 Å². The Morgan fingerprint density at radius 2 is 2.05 bits per heavy atom. The number of nitrogens with one attached hydrogen (secondary N) is 1. The minimum atomic E-state index is -0.927. The van der Waals surface area contributed by atoms with Crippen LogP contribution in [0.1, 0.15) is 21.5 Å². The summed E-state index contributed by atoms with van der Waals surface area (Å²) in [5.74, 6) is -0.927. The van der Waals surface area contributed by atoms with Gasteiger partial charge in [-0.1, -0.05) is 29.8 Å². The first-order valence-electron chi connectivity index (χ1n) is 5.99. The lowest BCUT2D eigenvalue weighted by Gasteiger charge is -2.12. The summed E-state index contributed by atoms with van der Waals surface area (Å²) in [6.07, 6.45) is 0. The number of carboxylic acid groups (broad SMARTS) is 1. The largest absolute Gasteiger partial charge is 0.478 e. The molecule has 0 atom stereocenters. The zero-order valence-electron chi connectivity index (χ0n) is 10.8. The average Bonchev–Trinajstić information content (AvgIpc) is 2.41. The standard InChI is InChI=1S/C15H13BrClNO2/c1-9-6-12(16)14(7-13(9)17)18-8-10-4-2-3-5-11(10)15(19)20/h2-7,18H,8H2,1H3,(H,19,20). The van der Waals surface area contributed by atoms with Crippen LogP contribution in [0.15, 0.2) is 40.9 Å². The van der Waals surface area contributed by atoms with E-state index in [1.807, 2.05) is 25.1 Å². The first-order valence-corrected chi connectivity index (χ1v) is 7.17. The lowest BCUT2D eigenvalue weighted by Crippen LogP contribution is -2.07. The third kappa shape index (κ3) is 3.32. The molecule has 0 radical (unpaired) electrons. The highest BCUT2D eigenvalue weighted by Gasteiger charge is 2.10. The molecule has 0 aliphatic rings. The summed E-state index contributed by atoms with van der Waals surface area (Å²) in [5.41, 5.74) is 2.84. The van der Waals surface area contributed by atoms with Gasteiger partial charge in [0, 0.05) is 16.0 Å². The van der Waals surface area contributed by atoms with E-state index in [1.165, 1.54) is 0 Å². The fraction of sp³-hybridized carbons (Fsp3) is 0.133. The molecule has 0 fully saturated rings. The molecule has 0 amide bonds. The summed E-state index contributed by atoms with van der Waals surface area (Å²) in [7, 11) is 0. The summed E-state index contributed by atoms with van der Waals surface area (Å²) in [4.78, 5) is 11.1. The van der Waals surface area contributed by atoms with Gasteiger partial charge in [-0.15, -0.1) is 0 Å². The van der Waals surface area contributed by atoms with Gasteiger partial charge in [-0.25, -0.2) is 4.79 Å². The van der Waals surface area contributed by atoms with Gasteiger partial charge in [0.05, 0.1) is 11.3 Å². The van der Waals surface area contributed by atoms with Crippen LogP contribution >= 0.6 is 27.5 Å². The molecule has 0 aromatic heterocycles. The van der Waals surface area contributed by atoms with E-state index in [4.69, 9.17) is 16.7 Å². The molecule has 5 heteroatoms. The van der Waals surface area contributed by atoms with Crippen molar-refractivity contribution in [2.75, 3.05) is 5.32 Å². The van der Waals surface area contributed by atoms with Crippen LogP contribution in [-0.2, 0) is 6.54 Å². The molecule has 2 aromatic rings. The van der Waals surface area contributed by atoms with E-state index < -0.39 is 5.97 Å². The fourth-order valence-corrected chi connectivity index (χ4v) is 2.62. The summed E-state index contributed by atoms with van der Waals surface area (Å²) >= 11 is 9.56. The Kier molecular flexibility index (Phi) is 4.68. The molecular weight excluding hydrogens is 342 g/mol. The molecule has 2 N–H and O–H groups in total. The van der Waals surface area contributed by atoms with Crippen molar-refractivity contribution in [2.45, 2.75) is 13.5 Å². The second-order valence-electron chi connectivity index (χ2n) is 4.40. The summed E-state index contributed by atoms with van der Waals surface area (Å²) in [6.45, 7) is 2.34. The fourth-order valence-electron chi connectivity index (χ4n) is 1.86. The number of aromatic carboxylic acids is 1. The van der Waals surface area contributed by atoms with Crippen molar-refractivity contribution in [3.05, 3.63) is 62.6 Å². The minimum Gasteiger partial charge on any atom is -0.478 e. The van der Waals surface area contributed by atoms with Gasteiger partial charge >= 0.3 is 5.97 Å². The van der Waals surface area contributed by atoms with E-state index in [-0.39, 0.29) is 0 Å². The van der Waals surface area contributed by atoms with Crippen LogP contribution in [0.25, 0.3) is 0 Å². The molecule has 0 aliphatic carbocycles. The van der Waals surface area contributed by atoms with Crippen LogP contribution in [0.5, 0.6) is 0 Å². The molecule has 3 nitrogen and oxygen atoms in total. The molecular formula is C15H13BrClNO2. The number of hydrogen-bond donors (Lipinski definition) is 2. The van der Waals surface area contributed by atoms with Crippen molar-refractivity contribution in [3.8, 4) is 0 Å². The minimum absolute atomic E-state index is 0.300. The molecule has 104 valence electrons. The third-order valence-corrected chi connectivity index (χ3v) is 4.03. The number of halogens is 2. The molecule has 2 rings (SSSR count). The van der Waals surface area contributed by atoms with Gasteiger partial charge in [0.15, 0.2) is 0 Å². The van der Waals surface area contributed by atoms with Gasteiger partial charge in [0.1, 0.15) is 0 Å². The van der Waals surface area contributed by atoms with Gasteiger partial charge in [-0.3, -0.25) is 0 Å². The highest BCUT2D eigenvalue weighted by molar-refractivity contribution is 9.10.